The minimum atomic E-state index is -0.507. The predicted octanol–water partition coefficient (Wildman–Crippen LogP) is 2.95. The van der Waals surface area contributed by atoms with Crippen LogP contribution in [-0.4, -0.2) is 30.2 Å². The summed E-state index contributed by atoms with van der Waals surface area (Å²) in [6.07, 6.45) is 3.03. The van der Waals surface area contributed by atoms with Crippen molar-refractivity contribution >= 4 is 27.6 Å². The van der Waals surface area contributed by atoms with E-state index in [0.29, 0.717) is 25.8 Å². The first-order valence-corrected chi connectivity index (χ1v) is 7.64. The van der Waals surface area contributed by atoms with Gasteiger partial charge in [0.05, 0.1) is 13.0 Å². The van der Waals surface area contributed by atoms with Crippen LogP contribution in [0.25, 0.3) is 0 Å². The highest BCUT2D eigenvalue weighted by atomic mass is 79.9. The molecule has 0 bridgehead atoms. The largest absolute Gasteiger partial charge is 0.497 e. The van der Waals surface area contributed by atoms with Crippen molar-refractivity contribution in [1.29, 1.82) is 0 Å². The summed E-state index contributed by atoms with van der Waals surface area (Å²) < 4.78 is 6.13. The molecule has 1 atom stereocenters. The number of benzene rings is 1. The number of carbonyl (C=O) groups excluding carboxylic acids is 2. The van der Waals surface area contributed by atoms with E-state index in [-0.39, 0.29) is 11.7 Å². The standard InChI is InChI=1S/C16H18BrNO3/c1-3-18-9-8-13(16(18)20)15(19)7-4-11-10-12(21-2)5-6-14(11)17/h3,5-6,10,13H,1,4,7-9H2,2H3. The van der Waals surface area contributed by atoms with Crippen LogP contribution in [0.2, 0.25) is 0 Å². The maximum Gasteiger partial charge on any atom is 0.237 e. The van der Waals surface area contributed by atoms with Gasteiger partial charge in [-0.15, -0.1) is 0 Å². The quantitative estimate of drug-likeness (QED) is 0.740. The summed E-state index contributed by atoms with van der Waals surface area (Å²) in [6.45, 7) is 4.17. The highest BCUT2D eigenvalue weighted by Crippen LogP contribution is 2.25. The molecule has 1 aliphatic rings. The second-order valence-electron chi connectivity index (χ2n) is 4.98. The number of ketones is 1. The first kappa shape index (κ1) is 15.8. The van der Waals surface area contributed by atoms with Gasteiger partial charge >= 0.3 is 0 Å². The second-order valence-corrected chi connectivity index (χ2v) is 5.83. The number of hydrogen-bond donors (Lipinski definition) is 0. The van der Waals surface area contributed by atoms with Gasteiger partial charge in [0.1, 0.15) is 11.5 Å². The minimum Gasteiger partial charge on any atom is -0.497 e. The molecule has 1 aromatic rings. The molecule has 1 amide bonds. The molecular formula is C16H18BrNO3. The summed E-state index contributed by atoms with van der Waals surface area (Å²) in [7, 11) is 1.61. The number of nitrogens with zero attached hydrogens (tertiary/aromatic N) is 1. The van der Waals surface area contributed by atoms with Crippen LogP contribution in [0.5, 0.6) is 5.75 Å². The number of Topliss-reactive ketones (excluding diaryl/α,β-unsaturated/α-hetero) is 1. The van der Waals surface area contributed by atoms with Gasteiger partial charge in [-0.05, 0) is 42.8 Å². The first-order chi connectivity index (χ1) is 10.1. The lowest BCUT2D eigenvalue weighted by atomic mass is 9.97. The molecule has 1 unspecified atom stereocenters. The van der Waals surface area contributed by atoms with E-state index in [1.807, 2.05) is 18.2 Å². The van der Waals surface area contributed by atoms with E-state index in [1.165, 1.54) is 11.1 Å². The number of methoxy groups -OCH3 is 1. The topological polar surface area (TPSA) is 46.6 Å². The fraction of sp³-hybridized carbons (Fsp3) is 0.375. The van der Waals surface area contributed by atoms with Gasteiger partial charge < -0.3 is 9.64 Å². The molecule has 0 spiro atoms. The minimum absolute atomic E-state index is 0.000861. The Morgan fingerprint density at radius 3 is 2.95 bits per heavy atom. The van der Waals surface area contributed by atoms with Crippen molar-refractivity contribution in [3.63, 3.8) is 0 Å². The van der Waals surface area contributed by atoms with Gasteiger partial charge in [-0.25, -0.2) is 0 Å². The number of rotatable bonds is 6. The zero-order chi connectivity index (χ0) is 15.4. The summed E-state index contributed by atoms with van der Waals surface area (Å²) in [5.74, 6) is 0.126. The van der Waals surface area contributed by atoms with E-state index >= 15 is 0 Å². The second kappa shape index (κ2) is 6.89. The third-order valence-electron chi connectivity index (χ3n) is 3.74. The molecule has 0 aliphatic carbocycles. The SMILES string of the molecule is C=CN1CCC(C(=O)CCc2cc(OC)ccc2Br)C1=O. The maximum absolute atomic E-state index is 12.2. The molecule has 5 heteroatoms. The Hall–Kier alpha value is -1.62. The Labute approximate surface area is 132 Å². The number of amides is 1. The normalized spacial score (nSPS) is 17.9. The molecule has 0 saturated carbocycles. The Morgan fingerprint density at radius 1 is 1.57 bits per heavy atom. The van der Waals surface area contributed by atoms with Crippen molar-refractivity contribution < 1.29 is 14.3 Å². The van der Waals surface area contributed by atoms with Gasteiger partial charge in [-0.1, -0.05) is 22.5 Å². The third-order valence-corrected chi connectivity index (χ3v) is 4.52. The lowest BCUT2D eigenvalue weighted by Crippen LogP contribution is -2.26. The average molecular weight is 352 g/mol. The van der Waals surface area contributed by atoms with Gasteiger partial charge in [0.2, 0.25) is 5.91 Å². The van der Waals surface area contributed by atoms with Crippen molar-refractivity contribution in [2.75, 3.05) is 13.7 Å². The van der Waals surface area contributed by atoms with Crippen LogP contribution in [0.1, 0.15) is 18.4 Å². The predicted molar refractivity (Wildman–Crippen MR) is 84.0 cm³/mol. The number of ether oxygens (including phenoxy) is 1. The molecule has 0 aromatic heterocycles. The average Bonchev–Trinajstić information content (AvgIpc) is 2.87. The van der Waals surface area contributed by atoms with Gasteiger partial charge in [-0.3, -0.25) is 9.59 Å². The molecule has 4 nitrogen and oxygen atoms in total. The third kappa shape index (κ3) is 3.53. The number of aryl methyl sites for hydroxylation is 1. The van der Waals surface area contributed by atoms with Crippen LogP contribution >= 0.6 is 15.9 Å². The Balaban J connectivity index is 1.99. The Kier molecular flexibility index (Phi) is 5.17. The van der Waals surface area contributed by atoms with Gasteiger partial charge in [0, 0.05) is 17.4 Å². The monoisotopic (exact) mass is 351 g/mol. The molecule has 0 N–H and O–H groups in total. The van der Waals surface area contributed by atoms with Crippen molar-refractivity contribution in [2.45, 2.75) is 19.3 Å². The summed E-state index contributed by atoms with van der Waals surface area (Å²) in [5.41, 5.74) is 1.01. The van der Waals surface area contributed by atoms with Crippen LogP contribution in [0.4, 0.5) is 0 Å². The highest BCUT2D eigenvalue weighted by Gasteiger charge is 2.34. The smallest absolute Gasteiger partial charge is 0.237 e. The molecule has 2 rings (SSSR count). The first-order valence-electron chi connectivity index (χ1n) is 6.85. The number of likely N-dealkylation sites (tertiary alicyclic amines) is 1. The van der Waals surface area contributed by atoms with E-state index in [2.05, 4.69) is 22.5 Å². The van der Waals surface area contributed by atoms with E-state index in [1.54, 1.807) is 7.11 Å². The Morgan fingerprint density at radius 2 is 2.33 bits per heavy atom. The van der Waals surface area contributed by atoms with Crippen LogP contribution in [0.3, 0.4) is 0 Å². The van der Waals surface area contributed by atoms with Crippen molar-refractivity contribution in [2.24, 2.45) is 5.92 Å². The highest BCUT2D eigenvalue weighted by molar-refractivity contribution is 9.10. The fourth-order valence-corrected chi connectivity index (χ4v) is 2.93. The van der Waals surface area contributed by atoms with Crippen molar-refractivity contribution in [1.82, 2.24) is 4.90 Å². The van der Waals surface area contributed by atoms with E-state index in [0.717, 1.165) is 15.8 Å². The molecule has 1 aliphatic heterocycles. The zero-order valence-electron chi connectivity index (χ0n) is 12.0. The van der Waals surface area contributed by atoms with Gasteiger partial charge in [0.15, 0.2) is 0 Å². The molecule has 0 radical (unpaired) electrons. The van der Waals surface area contributed by atoms with Crippen LogP contribution in [0.15, 0.2) is 35.5 Å². The molecule has 1 fully saturated rings. The van der Waals surface area contributed by atoms with E-state index < -0.39 is 5.92 Å². The molecular weight excluding hydrogens is 334 g/mol. The molecule has 112 valence electrons. The summed E-state index contributed by atoms with van der Waals surface area (Å²) in [6, 6.07) is 5.67. The van der Waals surface area contributed by atoms with Crippen LogP contribution < -0.4 is 4.74 Å². The lowest BCUT2D eigenvalue weighted by Gasteiger charge is -2.11. The van der Waals surface area contributed by atoms with Gasteiger partial charge in [-0.2, -0.15) is 0 Å². The van der Waals surface area contributed by atoms with Crippen molar-refractivity contribution in [3.8, 4) is 5.75 Å². The van der Waals surface area contributed by atoms with E-state index in [4.69, 9.17) is 4.74 Å². The summed E-state index contributed by atoms with van der Waals surface area (Å²) in [4.78, 5) is 25.7. The molecule has 1 saturated heterocycles. The fourth-order valence-electron chi connectivity index (χ4n) is 2.48. The van der Waals surface area contributed by atoms with Crippen molar-refractivity contribution in [3.05, 3.63) is 41.0 Å². The zero-order valence-corrected chi connectivity index (χ0v) is 13.6. The number of halogens is 1. The summed E-state index contributed by atoms with van der Waals surface area (Å²) in [5, 5.41) is 0. The lowest BCUT2D eigenvalue weighted by molar-refractivity contribution is -0.135. The van der Waals surface area contributed by atoms with Crippen LogP contribution in [-0.2, 0) is 16.0 Å². The van der Waals surface area contributed by atoms with Gasteiger partial charge in [0.25, 0.3) is 0 Å². The van der Waals surface area contributed by atoms with E-state index in [9.17, 15) is 9.59 Å². The van der Waals surface area contributed by atoms with Crippen LogP contribution in [0, 0.1) is 5.92 Å². The molecule has 21 heavy (non-hydrogen) atoms. The molecule has 1 aromatic carbocycles. The summed E-state index contributed by atoms with van der Waals surface area (Å²) >= 11 is 3.47. The Bertz CT molecular complexity index is 571. The number of hydrogen-bond acceptors (Lipinski definition) is 3. The number of carbonyl (C=O) groups is 2. The maximum atomic E-state index is 12.2. The molecule has 1 heterocycles.